The van der Waals surface area contributed by atoms with Gasteiger partial charge in [-0.2, -0.15) is 0 Å². The smallest absolute Gasteiger partial charge is 0.339 e. The molecule has 3 aromatic rings. The van der Waals surface area contributed by atoms with Gasteiger partial charge in [-0.05, 0) is 24.6 Å². The quantitative estimate of drug-likeness (QED) is 0.587. The zero-order chi connectivity index (χ0) is 17.8. The molecule has 0 radical (unpaired) electrons. The van der Waals surface area contributed by atoms with Crippen LogP contribution in [0.5, 0.6) is 0 Å². The predicted octanol–water partition coefficient (Wildman–Crippen LogP) is 2.96. The van der Waals surface area contributed by atoms with E-state index in [2.05, 4.69) is 14.9 Å². The number of pyridine rings is 1. The zero-order valence-corrected chi connectivity index (χ0v) is 13.4. The summed E-state index contributed by atoms with van der Waals surface area (Å²) in [5, 5.41) is 2.86. The lowest BCUT2D eigenvalue weighted by Crippen LogP contribution is -2.17. The minimum atomic E-state index is -0.457. The van der Waals surface area contributed by atoms with Gasteiger partial charge in [-0.25, -0.2) is 19.3 Å². The van der Waals surface area contributed by atoms with Crippen LogP contribution in [0.4, 0.5) is 5.69 Å². The first-order valence-corrected chi connectivity index (χ1v) is 7.56. The molecule has 0 aliphatic heterocycles. The van der Waals surface area contributed by atoms with Crippen LogP contribution in [0, 0.1) is 6.57 Å². The molecule has 25 heavy (non-hydrogen) atoms. The first-order chi connectivity index (χ1) is 12.1. The molecular formula is C18H14N4O3. The summed E-state index contributed by atoms with van der Waals surface area (Å²) in [5.74, 6) is -0.0944. The lowest BCUT2D eigenvalue weighted by atomic mass is 10.1. The molecule has 2 heterocycles. The summed E-state index contributed by atoms with van der Waals surface area (Å²) < 4.78 is 6.19. The Labute approximate surface area is 143 Å². The normalized spacial score (nSPS) is 10.2. The molecule has 0 saturated heterocycles. The van der Waals surface area contributed by atoms with Gasteiger partial charge in [-0.3, -0.25) is 9.89 Å². The van der Waals surface area contributed by atoms with Crippen molar-refractivity contribution < 1.29 is 9.53 Å². The van der Waals surface area contributed by atoms with E-state index in [1.165, 1.54) is 10.9 Å². The number of aromatic amines is 1. The van der Waals surface area contributed by atoms with Gasteiger partial charge in [-0.1, -0.05) is 24.3 Å². The number of esters is 1. The molecule has 124 valence electrons. The Hall–Kier alpha value is -3.66. The maximum Gasteiger partial charge on any atom is 0.339 e. The third-order valence-electron chi connectivity index (χ3n) is 3.57. The number of benzene rings is 1. The van der Waals surface area contributed by atoms with E-state index in [0.29, 0.717) is 28.2 Å². The fourth-order valence-electron chi connectivity index (χ4n) is 2.32. The van der Waals surface area contributed by atoms with Gasteiger partial charge < -0.3 is 4.74 Å². The summed E-state index contributed by atoms with van der Waals surface area (Å²) in [6, 6.07) is 9.88. The lowest BCUT2D eigenvalue weighted by molar-refractivity contribution is 0.0526. The summed E-state index contributed by atoms with van der Waals surface area (Å²) >= 11 is 0. The van der Waals surface area contributed by atoms with Crippen molar-refractivity contribution in [3.05, 3.63) is 76.1 Å². The largest absolute Gasteiger partial charge is 0.462 e. The van der Waals surface area contributed by atoms with Gasteiger partial charge in [0.25, 0.3) is 5.56 Å². The van der Waals surface area contributed by atoms with E-state index >= 15 is 0 Å². The fraction of sp³-hybridized carbons (Fsp3) is 0.111. The van der Waals surface area contributed by atoms with Gasteiger partial charge in [0.2, 0.25) is 0 Å². The number of hydrogen-bond acceptors (Lipinski definition) is 4. The molecule has 7 heteroatoms. The van der Waals surface area contributed by atoms with Crippen molar-refractivity contribution in [3.63, 3.8) is 0 Å². The number of carbonyl (C=O) groups excluding carboxylic acids is 1. The summed E-state index contributed by atoms with van der Waals surface area (Å²) in [7, 11) is 0. The van der Waals surface area contributed by atoms with Crippen molar-refractivity contribution in [1.82, 2.24) is 14.8 Å². The van der Waals surface area contributed by atoms with Crippen molar-refractivity contribution >= 4 is 11.7 Å². The molecule has 0 atom stereocenters. The highest BCUT2D eigenvalue weighted by Crippen LogP contribution is 2.20. The van der Waals surface area contributed by atoms with Crippen molar-refractivity contribution in [2.75, 3.05) is 6.61 Å². The van der Waals surface area contributed by atoms with Crippen LogP contribution in [0.25, 0.3) is 21.8 Å². The summed E-state index contributed by atoms with van der Waals surface area (Å²) in [4.78, 5) is 31.7. The van der Waals surface area contributed by atoms with Gasteiger partial charge in [0.05, 0.1) is 24.3 Å². The molecule has 1 aromatic carbocycles. The minimum absolute atomic E-state index is 0.271. The Bertz CT molecular complexity index is 993. The third kappa shape index (κ3) is 3.19. The fourth-order valence-corrected chi connectivity index (χ4v) is 2.32. The molecule has 0 unspecified atom stereocenters. The number of rotatable bonds is 4. The first-order valence-electron chi connectivity index (χ1n) is 7.56. The first kappa shape index (κ1) is 16.2. The maximum absolute atomic E-state index is 12.6. The minimum Gasteiger partial charge on any atom is -0.462 e. The number of H-pyrrole nitrogens is 1. The second-order valence-electron chi connectivity index (χ2n) is 5.11. The highest BCUT2D eigenvalue weighted by Gasteiger charge is 2.12. The van der Waals surface area contributed by atoms with Crippen molar-refractivity contribution in [1.29, 1.82) is 0 Å². The predicted molar refractivity (Wildman–Crippen MR) is 91.8 cm³/mol. The Morgan fingerprint density at radius 2 is 2.04 bits per heavy atom. The molecule has 2 aromatic heterocycles. The zero-order valence-electron chi connectivity index (χ0n) is 13.4. The van der Waals surface area contributed by atoms with Crippen LogP contribution in [0.3, 0.4) is 0 Å². The Morgan fingerprint density at radius 3 is 2.64 bits per heavy atom. The number of ether oxygens (including phenoxy) is 1. The maximum atomic E-state index is 12.6. The van der Waals surface area contributed by atoms with Crippen LogP contribution in [-0.2, 0) is 4.74 Å². The monoisotopic (exact) mass is 334 g/mol. The summed E-state index contributed by atoms with van der Waals surface area (Å²) in [6.45, 7) is 8.97. The number of aromatic nitrogens is 3. The molecule has 0 spiro atoms. The molecule has 0 amide bonds. The molecule has 7 nitrogen and oxygen atoms in total. The van der Waals surface area contributed by atoms with Crippen molar-refractivity contribution in [2.45, 2.75) is 6.92 Å². The van der Waals surface area contributed by atoms with Crippen LogP contribution in [-0.4, -0.2) is 27.3 Å². The molecule has 3 rings (SSSR count). The van der Waals surface area contributed by atoms with E-state index in [4.69, 9.17) is 11.3 Å². The van der Waals surface area contributed by atoms with Gasteiger partial charge in [0.1, 0.15) is 0 Å². The average Bonchev–Trinajstić information content (AvgIpc) is 3.03. The summed E-state index contributed by atoms with van der Waals surface area (Å²) in [5.41, 5.74) is 1.73. The number of hydrogen-bond donors (Lipinski definition) is 1. The highest BCUT2D eigenvalue weighted by atomic mass is 16.5. The Kier molecular flexibility index (Phi) is 4.44. The number of carbonyl (C=O) groups is 1. The molecule has 0 aliphatic rings. The Balaban J connectivity index is 1.92. The van der Waals surface area contributed by atoms with Crippen LogP contribution in [0.2, 0.25) is 0 Å². The van der Waals surface area contributed by atoms with Crippen molar-refractivity contribution in [2.24, 2.45) is 0 Å². The van der Waals surface area contributed by atoms with E-state index in [0.717, 1.165) is 0 Å². The van der Waals surface area contributed by atoms with E-state index in [1.807, 2.05) is 0 Å². The molecular weight excluding hydrogens is 320 g/mol. The van der Waals surface area contributed by atoms with Gasteiger partial charge in [-0.15, -0.1) is 0 Å². The van der Waals surface area contributed by atoms with E-state index < -0.39 is 5.97 Å². The second-order valence-corrected chi connectivity index (χ2v) is 5.11. The van der Waals surface area contributed by atoms with Crippen LogP contribution in [0.15, 0.2) is 53.6 Å². The van der Waals surface area contributed by atoms with E-state index in [9.17, 15) is 9.59 Å². The van der Waals surface area contributed by atoms with Gasteiger partial charge >= 0.3 is 5.97 Å². The Morgan fingerprint density at radius 1 is 1.28 bits per heavy atom. The van der Waals surface area contributed by atoms with Gasteiger partial charge in [0.15, 0.2) is 11.5 Å². The van der Waals surface area contributed by atoms with E-state index in [1.54, 1.807) is 49.5 Å². The molecule has 0 bridgehead atoms. The van der Waals surface area contributed by atoms with E-state index in [-0.39, 0.29) is 12.2 Å². The highest BCUT2D eigenvalue weighted by molar-refractivity contribution is 5.89. The van der Waals surface area contributed by atoms with Crippen LogP contribution < -0.4 is 5.56 Å². The van der Waals surface area contributed by atoms with Crippen molar-refractivity contribution in [3.8, 4) is 16.9 Å². The third-order valence-corrected chi connectivity index (χ3v) is 3.57. The summed E-state index contributed by atoms with van der Waals surface area (Å²) in [6.07, 6.45) is 2.95. The van der Waals surface area contributed by atoms with Crippen LogP contribution in [0.1, 0.15) is 17.3 Å². The molecule has 0 saturated carbocycles. The standard InChI is InChI=1S/C18H14N4O3/c1-3-25-18(24)13-6-9-16(20-10-13)22-17(23)15(11-21-22)12-4-7-14(19-2)8-5-12/h4-11,21H,3H2,1H3. The van der Waals surface area contributed by atoms with Gasteiger partial charge in [0, 0.05) is 12.4 Å². The number of nitrogens with one attached hydrogen (secondary N) is 1. The number of nitrogens with zero attached hydrogens (tertiary/aromatic N) is 3. The lowest BCUT2D eigenvalue weighted by Gasteiger charge is -2.03. The molecule has 0 fully saturated rings. The molecule has 1 N–H and O–H groups in total. The second kappa shape index (κ2) is 6.84. The molecule has 0 aliphatic carbocycles. The topological polar surface area (TPSA) is 81.3 Å². The van der Waals surface area contributed by atoms with Crippen LogP contribution >= 0.6 is 0 Å². The average molecular weight is 334 g/mol. The SMILES string of the molecule is [C-]#[N+]c1ccc(-c2c[nH]n(-c3ccc(C(=O)OCC)cn3)c2=O)cc1.